The first-order chi connectivity index (χ1) is 11.5. The number of carbonyl (C=O) groups is 1. The fourth-order valence-electron chi connectivity index (χ4n) is 3.37. The summed E-state index contributed by atoms with van der Waals surface area (Å²) >= 11 is 1.74. The zero-order valence-corrected chi connectivity index (χ0v) is 15.5. The van der Waals surface area contributed by atoms with Crippen molar-refractivity contribution in [2.75, 3.05) is 13.1 Å². The predicted molar refractivity (Wildman–Crippen MR) is 97.3 cm³/mol. The average molecular weight is 346 g/mol. The molecular weight excluding hydrogens is 320 g/mol. The Morgan fingerprint density at radius 2 is 2.33 bits per heavy atom. The fourth-order valence-corrected chi connectivity index (χ4v) is 4.24. The number of amides is 2. The molecule has 130 valence electrons. The quantitative estimate of drug-likeness (QED) is 0.896. The molecule has 1 aliphatic rings. The van der Waals surface area contributed by atoms with Gasteiger partial charge in [-0.05, 0) is 50.1 Å². The first-order valence-electron chi connectivity index (χ1n) is 8.63. The summed E-state index contributed by atoms with van der Waals surface area (Å²) in [5.41, 5.74) is 2.21. The summed E-state index contributed by atoms with van der Waals surface area (Å²) in [6, 6.07) is 6.58. The molecule has 0 bridgehead atoms. The van der Waals surface area contributed by atoms with Gasteiger partial charge in [0.2, 0.25) is 0 Å². The molecule has 1 saturated heterocycles. The van der Waals surface area contributed by atoms with E-state index in [4.69, 9.17) is 0 Å². The highest BCUT2D eigenvalue weighted by molar-refractivity contribution is 7.10. The molecule has 0 spiro atoms. The summed E-state index contributed by atoms with van der Waals surface area (Å²) in [5, 5.41) is 9.69. The van der Waals surface area contributed by atoms with E-state index in [1.807, 2.05) is 16.5 Å². The zero-order valence-electron chi connectivity index (χ0n) is 14.7. The molecule has 1 aliphatic heterocycles. The fraction of sp³-hybridized carbons (Fsp3) is 0.556. The van der Waals surface area contributed by atoms with Gasteiger partial charge in [0.25, 0.3) is 0 Å². The largest absolute Gasteiger partial charge is 0.338 e. The van der Waals surface area contributed by atoms with Gasteiger partial charge < -0.3 is 10.2 Å². The second kappa shape index (κ2) is 7.38. The Morgan fingerprint density at radius 3 is 3.00 bits per heavy atom. The van der Waals surface area contributed by atoms with Gasteiger partial charge in [-0.2, -0.15) is 5.10 Å². The van der Waals surface area contributed by atoms with Crippen LogP contribution in [-0.2, 0) is 6.54 Å². The van der Waals surface area contributed by atoms with E-state index in [0.29, 0.717) is 12.5 Å². The van der Waals surface area contributed by atoms with Crippen molar-refractivity contribution in [3.05, 3.63) is 39.8 Å². The highest BCUT2D eigenvalue weighted by atomic mass is 32.1. The van der Waals surface area contributed by atoms with Crippen molar-refractivity contribution in [3.63, 3.8) is 0 Å². The van der Waals surface area contributed by atoms with Crippen LogP contribution in [0.1, 0.15) is 42.1 Å². The highest BCUT2D eigenvalue weighted by Crippen LogP contribution is 2.34. The topological polar surface area (TPSA) is 50.2 Å². The number of likely N-dealkylation sites (tertiary alicyclic amines) is 1. The summed E-state index contributed by atoms with van der Waals surface area (Å²) in [6.07, 6.45) is 2.15. The van der Waals surface area contributed by atoms with Gasteiger partial charge in [-0.15, -0.1) is 11.3 Å². The van der Waals surface area contributed by atoms with Crippen LogP contribution in [0.3, 0.4) is 0 Å². The standard InChI is InChI=1S/C18H26N4OS/c1-13(12-22-15(3)10-14(2)20-22)11-19-18(23)21-8-4-6-16(21)17-7-5-9-24-17/h5,7,9-10,13,16H,4,6,8,11-12H2,1-3H3,(H,19,23)/t13-,16-/m1/s1. The van der Waals surface area contributed by atoms with Gasteiger partial charge in [0.1, 0.15) is 0 Å². The van der Waals surface area contributed by atoms with Gasteiger partial charge in [0.05, 0.1) is 11.7 Å². The molecule has 0 radical (unpaired) electrons. The van der Waals surface area contributed by atoms with E-state index >= 15 is 0 Å². The van der Waals surface area contributed by atoms with Crippen molar-refractivity contribution in [3.8, 4) is 0 Å². The lowest BCUT2D eigenvalue weighted by Gasteiger charge is -2.25. The highest BCUT2D eigenvalue weighted by Gasteiger charge is 2.30. The molecule has 24 heavy (non-hydrogen) atoms. The number of aryl methyl sites for hydroxylation is 2. The van der Waals surface area contributed by atoms with Crippen LogP contribution in [0.15, 0.2) is 23.6 Å². The minimum atomic E-state index is 0.0612. The third-order valence-electron chi connectivity index (χ3n) is 4.57. The van der Waals surface area contributed by atoms with Crippen molar-refractivity contribution < 1.29 is 4.79 Å². The maximum Gasteiger partial charge on any atom is 0.317 e. The summed E-state index contributed by atoms with van der Waals surface area (Å²) < 4.78 is 2.02. The lowest BCUT2D eigenvalue weighted by molar-refractivity contribution is 0.191. The maximum absolute atomic E-state index is 12.6. The van der Waals surface area contributed by atoms with Crippen molar-refractivity contribution in [2.45, 2.75) is 46.2 Å². The molecule has 2 amide bonds. The first kappa shape index (κ1) is 17.0. The third kappa shape index (κ3) is 3.80. The van der Waals surface area contributed by atoms with Crippen LogP contribution in [0.4, 0.5) is 4.79 Å². The molecule has 0 unspecified atom stereocenters. The Hall–Kier alpha value is -1.82. The third-order valence-corrected chi connectivity index (χ3v) is 5.55. The zero-order chi connectivity index (χ0) is 17.1. The van der Waals surface area contributed by atoms with Crippen molar-refractivity contribution in [1.82, 2.24) is 20.0 Å². The van der Waals surface area contributed by atoms with Gasteiger partial charge >= 0.3 is 6.03 Å². The van der Waals surface area contributed by atoms with E-state index in [9.17, 15) is 4.79 Å². The number of thiophene rings is 1. The van der Waals surface area contributed by atoms with Crippen LogP contribution in [0.5, 0.6) is 0 Å². The smallest absolute Gasteiger partial charge is 0.317 e. The molecular formula is C18H26N4OS. The number of hydrogen-bond acceptors (Lipinski definition) is 3. The van der Waals surface area contributed by atoms with Crippen LogP contribution in [-0.4, -0.2) is 33.8 Å². The maximum atomic E-state index is 12.6. The van der Waals surface area contributed by atoms with Gasteiger partial charge in [-0.25, -0.2) is 4.79 Å². The number of nitrogens with zero attached hydrogens (tertiary/aromatic N) is 3. The van der Waals surface area contributed by atoms with Crippen molar-refractivity contribution >= 4 is 17.4 Å². The van der Waals surface area contributed by atoms with Gasteiger partial charge in [-0.1, -0.05) is 13.0 Å². The molecule has 1 fully saturated rings. The molecule has 6 heteroatoms. The van der Waals surface area contributed by atoms with Crippen LogP contribution in [0.25, 0.3) is 0 Å². The Bertz CT molecular complexity index is 679. The van der Waals surface area contributed by atoms with Gasteiger partial charge in [-0.3, -0.25) is 4.68 Å². The number of aromatic nitrogens is 2. The van der Waals surface area contributed by atoms with Crippen molar-refractivity contribution in [2.24, 2.45) is 5.92 Å². The molecule has 0 aliphatic carbocycles. The molecule has 5 nitrogen and oxygen atoms in total. The Morgan fingerprint density at radius 1 is 1.50 bits per heavy atom. The predicted octanol–water partition coefficient (Wildman–Crippen LogP) is 3.74. The van der Waals surface area contributed by atoms with E-state index in [0.717, 1.165) is 31.6 Å². The van der Waals surface area contributed by atoms with Crippen LogP contribution in [0.2, 0.25) is 0 Å². The number of carbonyl (C=O) groups excluding carboxylic acids is 1. The molecule has 2 aromatic heterocycles. The van der Waals surface area contributed by atoms with E-state index < -0.39 is 0 Å². The normalized spacial score (nSPS) is 18.8. The SMILES string of the molecule is Cc1cc(C)n(C[C@H](C)CNC(=O)N2CCC[C@@H]2c2cccs2)n1. The second-order valence-corrected chi connectivity index (χ2v) is 7.75. The lowest BCUT2D eigenvalue weighted by Crippen LogP contribution is -2.41. The van der Waals surface area contributed by atoms with Crippen LogP contribution < -0.4 is 5.32 Å². The average Bonchev–Trinajstić information content (AvgIpc) is 3.25. The number of nitrogens with one attached hydrogen (secondary N) is 1. The summed E-state index contributed by atoms with van der Waals surface area (Å²) in [4.78, 5) is 15.9. The van der Waals surface area contributed by atoms with Crippen LogP contribution >= 0.6 is 11.3 Å². The molecule has 0 aromatic carbocycles. The molecule has 2 atom stereocenters. The second-order valence-electron chi connectivity index (χ2n) is 6.77. The Balaban J connectivity index is 1.52. The molecule has 2 aromatic rings. The van der Waals surface area contributed by atoms with E-state index in [1.54, 1.807) is 11.3 Å². The van der Waals surface area contributed by atoms with Crippen molar-refractivity contribution in [1.29, 1.82) is 0 Å². The summed E-state index contributed by atoms with van der Waals surface area (Å²) in [7, 11) is 0. The lowest BCUT2D eigenvalue weighted by atomic mass is 10.2. The van der Waals surface area contributed by atoms with Gasteiger partial charge in [0, 0.05) is 30.2 Å². The summed E-state index contributed by atoms with van der Waals surface area (Å²) in [6.45, 7) is 8.58. The monoisotopic (exact) mass is 346 g/mol. The Kier molecular flexibility index (Phi) is 5.23. The molecule has 1 N–H and O–H groups in total. The minimum absolute atomic E-state index is 0.0612. The van der Waals surface area contributed by atoms with E-state index in [2.05, 4.69) is 47.8 Å². The minimum Gasteiger partial charge on any atom is -0.338 e. The number of urea groups is 1. The number of rotatable bonds is 5. The summed E-state index contributed by atoms with van der Waals surface area (Å²) in [5.74, 6) is 0.342. The Labute approximate surface area is 147 Å². The van der Waals surface area contributed by atoms with E-state index in [-0.39, 0.29) is 12.1 Å². The number of hydrogen-bond donors (Lipinski definition) is 1. The molecule has 3 heterocycles. The van der Waals surface area contributed by atoms with E-state index in [1.165, 1.54) is 10.6 Å². The van der Waals surface area contributed by atoms with Gasteiger partial charge in [0.15, 0.2) is 0 Å². The molecule has 3 rings (SSSR count). The molecule has 0 saturated carbocycles. The van der Waals surface area contributed by atoms with Crippen LogP contribution in [0, 0.1) is 19.8 Å². The first-order valence-corrected chi connectivity index (χ1v) is 9.51.